The average Bonchev–Trinajstić information content (AvgIpc) is 2.99. The van der Waals surface area contributed by atoms with Crippen LogP contribution in [0, 0.1) is 6.92 Å². The van der Waals surface area contributed by atoms with Gasteiger partial charge in [0.1, 0.15) is 11.5 Å². The molecule has 4 rings (SSSR count). The maximum atomic E-state index is 13.2. The largest absolute Gasteiger partial charge is 0.497 e. The summed E-state index contributed by atoms with van der Waals surface area (Å²) >= 11 is 2.33. The molecule has 0 radical (unpaired) electrons. The van der Waals surface area contributed by atoms with Gasteiger partial charge in [-0.05, 0) is 54.9 Å². The Morgan fingerprint density at radius 3 is 2.33 bits per heavy atom. The minimum Gasteiger partial charge on any atom is -0.497 e. The molecule has 214 valence electrons. The number of nitrogens with one attached hydrogen (secondary N) is 1. The summed E-state index contributed by atoms with van der Waals surface area (Å²) in [6.45, 7) is 6.41. The van der Waals surface area contributed by atoms with Gasteiger partial charge in [-0.25, -0.2) is 3.11 Å². The number of rotatable bonds is 13. The second kappa shape index (κ2) is 15.4. The first-order chi connectivity index (χ1) is 19.5. The summed E-state index contributed by atoms with van der Waals surface area (Å²) in [6.07, 6.45) is 7.61. The van der Waals surface area contributed by atoms with Crippen LogP contribution in [0.2, 0.25) is 0 Å². The number of ether oxygens (including phenoxy) is 2. The van der Waals surface area contributed by atoms with Crippen LogP contribution in [0.1, 0.15) is 91.6 Å². The van der Waals surface area contributed by atoms with Crippen molar-refractivity contribution < 1.29 is 14.3 Å². The molecule has 1 N–H and O–H groups in total. The highest BCUT2D eigenvalue weighted by Crippen LogP contribution is 2.34. The number of hydrogen-bond acceptors (Lipinski definition) is 4. The molecular formula is C34H43IN2O3. The highest BCUT2D eigenvalue weighted by Gasteiger charge is 2.19. The van der Waals surface area contributed by atoms with Crippen LogP contribution < -0.4 is 14.8 Å². The fraction of sp³-hybridized carbons (Fsp3) is 0.441. The fourth-order valence-electron chi connectivity index (χ4n) is 5.39. The molecule has 6 heteroatoms. The van der Waals surface area contributed by atoms with Crippen LogP contribution in [-0.4, -0.2) is 29.3 Å². The molecule has 1 aliphatic carbocycles. The van der Waals surface area contributed by atoms with Crippen molar-refractivity contribution in [3.05, 3.63) is 94.5 Å². The van der Waals surface area contributed by atoms with Crippen LogP contribution in [0.5, 0.6) is 11.5 Å². The average molecular weight is 655 g/mol. The number of aryl methyl sites for hydroxylation is 1. The second-order valence-corrected chi connectivity index (χ2v) is 12.1. The van der Waals surface area contributed by atoms with E-state index in [1.807, 2.05) is 18.2 Å². The Bertz CT molecular complexity index is 1210. The SMILES string of the molecule is CCN(I)Cc1ccc(OC)cc1OCCCC(=O)NC(c1ccc(C)cc1)c1ccc(C2CCCCC2)cc1. The Kier molecular flexibility index (Phi) is 11.7. The summed E-state index contributed by atoms with van der Waals surface area (Å²) in [5.74, 6) is 2.27. The number of amides is 1. The molecule has 0 aliphatic heterocycles. The Hall–Kier alpha value is -2.58. The van der Waals surface area contributed by atoms with Gasteiger partial charge in [0.25, 0.3) is 0 Å². The van der Waals surface area contributed by atoms with E-state index < -0.39 is 0 Å². The van der Waals surface area contributed by atoms with Crippen LogP contribution in [0.3, 0.4) is 0 Å². The number of nitrogens with zero attached hydrogens (tertiary/aromatic N) is 1. The molecule has 0 saturated heterocycles. The summed E-state index contributed by atoms with van der Waals surface area (Å²) in [5.41, 5.74) is 5.96. The first kappa shape index (κ1) is 30.4. The topological polar surface area (TPSA) is 50.8 Å². The third-order valence-corrected chi connectivity index (χ3v) is 8.85. The van der Waals surface area contributed by atoms with Crippen molar-refractivity contribution in [2.45, 2.75) is 77.3 Å². The van der Waals surface area contributed by atoms with E-state index in [-0.39, 0.29) is 11.9 Å². The molecule has 0 heterocycles. The predicted octanol–water partition coefficient (Wildman–Crippen LogP) is 8.29. The van der Waals surface area contributed by atoms with E-state index in [2.05, 4.69) is 93.7 Å². The van der Waals surface area contributed by atoms with Crippen LogP contribution in [0.4, 0.5) is 0 Å². The van der Waals surface area contributed by atoms with Gasteiger partial charge in [0, 0.05) is 54.0 Å². The van der Waals surface area contributed by atoms with Crippen molar-refractivity contribution in [2.24, 2.45) is 0 Å². The van der Waals surface area contributed by atoms with Crippen molar-refractivity contribution in [3.63, 3.8) is 0 Å². The highest BCUT2D eigenvalue weighted by molar-refractivity contribution is 14.1. The van der Waals surface area contributed by atoms with E-state index in [4.69, 9.17) is 9.47 Å². The lowest BCUT2D eigenvalue weighted by Gasteiger charge is -2.24. The molecule has 0 spiro atoms. The Morgan fingerprint density at radius 1 is 1.00 bits per heavy atom. The molecule has 5 nitrogen and oxygen atoms in total. The molecule has 1 fully saturated rings. The van der Waals surface area contributed by atoms with E-state index >= 15 is 0 Å². The third-order valence-electron chi connectivity index (χ3n) is 7.83. The van der Waals surface area contributed by atoms with Gasteiger partial charge in [0.15, 0.2) is 0 Å². The lowest BCUT2D eigenvalue weighted by Crippen LogP contribution is -2.29. The van der Waals surface area contributed by atoms with Gasteiger partial charge < -0.3 is 14.8 Å². The van der Waals surface area contributed by atoms with E-state index in [1.165, 1.54) is 43.2 Å². The standard InChI is InChI=1S/C34H43IN2O3/c1-4-37(35)24-30-20-21-31(39-3)23-32(30)40-22-8-11-33(38)36-34(28-14-12-25(2)13-15-28)29-18-16-27(17-19-29)26-9-6-5-7-10-26/h12-21,23,26,34H,4-11,22,24H2,1-3H3,(H,36,38). The molecule has 1 saturated carbocycles. The molecule has 40 heavy (non-hydrogen) atoms. The number of methoxy groups -OCH3 is 1. The summed E-state index contributed by atoms with van der Waals surface area (Å²) in [6, 6.07) is 23.2. The number of carbonyl (C=O) groups is 1. The van der Waals surface area contributed by atoms with Gasteiger partial charge in [0.2, 0.25) is 5.91 Å². The van der Waals surface area contributed by atoms with Crippen molar-refractivity contribution >= 4 is 28.8 Å². The zero-order valence-electron chi connectivity index (χ0n) is 24.1. The summed E-state index contributed by atoms with van der Waals surface area (Å²) in [4.78, 5) is 13.2. The highest BCUT2D eigenvalue weighted by atomic mass is 127. The van der Waals surface area contributed by atoms with E-state index in [9.17, 15) is 4.79 Å². The molecule has 1 amide bonds. The summed E-state index contributed by atoms with van der Waals surface area (Å²) in [5, 5.41) is 3.31. The third kappa shape index (κ3) is 8.71. The maximum Gasteiger partial charge on any atom is 0.220 e. The van der Waals surface area contributed by atoms with E-state index in [0.29, 0.717) is 25.4 Å². The van der Waals surface area contributed by atoms with Gasteiger partial charge in [0.05, 0.1) is 19.8 Å². The Morgan fingerprint density at radius 2 is 1.68 bits per heavy atom. The summed E-state index contributed by atoms with van der Waals surface area (Å²) in [7, 11) is 1.66. The van der Waals surface area contributed by atoms with Crippen molar-refractivity contribution in [1.82, 2.24) is 8.43 Å². The second-order valence-electron chi connectivity index (χ2n) is 10.8. The number of benzene rings is 3. The zero-order chi connectivity index (χ0) is 28.3. The van der Waals surface area contributed by atoms with Crippen molar-refractivity contribution in [3.8, 4) is 11.5 Å². The monoisotopic (exact) mass is 654 g/mol. The van der Waals surface area contributed by atoms with Crippen molar-refractivity contribution in [2.75, 3.05) is 20.3 Å². The predicted molar refractivity (Wildman–Crippen MR) is 171 cm³/mol. The molecule has 0 aromatic heterocycles. The first-order valence-corrected chi connectivity index (χ1v) is 15.6. The molecule has 3 aromatic rings. The van der Waals surface area contributed by atoms with Crippen LogP contribution in [0.15, 0.2) is 66.7 Å². The van der Waals surface area contributed by atoms with Gasteiger partial charge in [-0.1, -0.05) is 86.3 Å². The normalized spacial score (nSPS) is 14.6. The molecule has 1 atom stereocenters. The lowest BCUT2D eigenvalue weighted by molar-refractivity contribution is -0.121. The molecular weight excluding hydrogens is 611 g/mol. The smallest absolute Gasteiger partial charge is 0.220 e. The van der Waals surface area contributed by atoms with Crippen LogP contribution in [-0.2, 0) is 11.3 Å². The van der Waals surface area contributed by atoms with Crippen LogP contribution >= 0.6 is 22.9 Å². The zero-order valence-corrected chi connectivity index (χ0v) is 26.3. The van der Waals surface area contributed by atoms with Gasteiger partial charge >= 0.3 is 0 Å². The van der Waals surface area contributed by atoms with E-state index in [0.717, 1.165) is 41.3 Å². The molecule has 1 aliphatic rings. The van der Waals surface area contributed by atoms with Gasteiger partial charge in [-0.3, -0.25) is 4.79 Å². The molecule has 3 aromatic carbocycles. The Balaban J connectivity index is 1.38. The fourth-order valence-corrected chi connectivity index (χ4v) is 5.75. The Labute approximate surface area is 254 Å². The van der Waals surface area contributed by atoms with E-state index in [1.54, 1.807) is 7.11 Å². The number of halogens is 1. The van der Waals surface area contributed by atoms with Gasteiger partial charge in [-0.15, -0.1) is 0 Å². The molecule has 1 unspecified atom stereocenters. The minimum atomic E-state index is -0.178. The summed E-state index contributed by atoms with van der Waals surface area (Å²) < 4.78 is 13.7. The minimum absolute atomic E-state index is 0.0285. The van der Waals surface area contributed by atoms with Crippen LogP contribution in [0.25, 0.3) is 0 Å². The number of hydrogen-bond donors (Lipinski definition) is 1. The molecule has 0 bridgehead atoms. The quantitative estimate of drug-likeness (QED) is 0.115. The maximum absolute atomic E-state index is 13.2. The number of carbonyl (C=O) groups excluding carboxylic acids is 1. The van der Waals surface area contributed by atoms with Gasteiger partial charge in [-0.2, -0.15) is 0 Å². The van der Waals surface area contributed by atoms with Crippen molar-refractivity contribution in [1.29, 1.82) is 0 Å². The first-order valence-electron chi connectivity index (χ1n) is 14.6. The lowest BCUT2D eigenvalue weighted by atomic mass is 9.83.